The number of thiazole rings is 1. The van der Waals surface area contributed by atoms with Gasteiger partial charge in [0.15, 0.2) is 11.1 Å². The summed E-state index contributed by atoms with van der Waals surface area (Å²) in [5.74, 6) is -2.70. The molecule has 0 aromatic carbocycles. The number of nitrogens with two attached hydrogens (primary N) is 3. The molecule has 35 heavy (non-hydrogen) atoms. The molecule has 1 aliphatic carbocycles. The molecule has 1 aromatic rings. The summed E-state index contributed by atoms with van der Waals surface area (Å²) in [5.41, 5.74) is 16.7. The minimum Gasteiger partial charge on any atom is -0.481 e. The Morgan fingerprint density at radius 2 is 1.89 bits per heavy atom. The fraction of sp³-hybridized carbons (Fsp3) is 0.619. The lowest BCUT2D eigenvalue weighted by molar-refractivity contribution is -0.140. The van der Waals surface area contributed by atoms with Crippen LogP contribution < -0.4 is 33.2 Å². The van der Waals surface area contributed by atoms with E-state index in [2.05, 4.69) is 25.9 Å². The van der Waals surface area contributed by atoms with Crippen molar-refractivity contribution < 1.29 is 24.3 Å². The summed E-state index contributed by atoms with van der Waals surface area (Å²) in [6, 6.07) is -1.97. The van der Waals surface area contributed by atoms with E-state index < -0.39 is 42.2 Å². The molecule has 3 amide bonds. The molecule has 2 rings (SSSR count). The smallest absolute Gasteiger partial charge is 0.305 e. The summed E-state index contributed by atoms with van der Waals surface area (Å²) in [7, 11) is 0. The number of amides is 3. The van der Waals surface area contributed by atoms with Gasteiger partial charge in [0.05, 0.1) is 24.6 Å². The number of nitrogens with zero attached hydrogens (tertiary/aromatic N) is 2. The third-order valence-corrected chi connectivity index (χ3v) is 6.22. The van der Waals surface area contributed by atoms with Gasteiger partial charge in [-0.2, -0.15) is 0 Å². The molecule has 1 saturated carbocycles. The average molecular weight is 511 g/mol. The van der Waals surface area contributed by atoms with Gasteiger partial charge in [-0.25, -0.2) is 4.98 Å². The van der Waals surface area contributed by atoms with Crippen LogP contribution in [0.2, 0.25) is 0 Å². The Hall–Kier alpha value is -3.26. The Balaban J connectivity index is 1.84. The minimum atomic E-state index is -1.19. The Bertz CT molecular complexity index is 911. The first kappa shape index (κ1) is 28.0. The monoisotopic (exact) mass is 510 g/mol. The second kappa shape index (κ2) is 14.2. The summed E-state index contributed by atoms with van der Waals surface area (Å²) in [4.78, 5) is 56.5. The molecule has 10 N–H and O–H groups in total. The van der Waals surface area contributed by atoms with Crippen LogP contribution in [0.4, 0.5) is 5.13 Å². The van der Waals surface area contributed by atoms with E-state index in [-0.39, 0.29) is 23.6 Å². The molecule has 194 valence electrons. The maximum atomic E-state index is 12.6. The number of anilines is 1. The van der Waals surface area contributed by atoms with Crippen molar-refractivity contribution in [3.63, 3.8) is 0 Å². The number of nitrogens with one attached hydrogen (secondary N) is 3. The third kappa shape index (κ3) is 10.7. The van der Waals surface area contributed by atoms with E-state index >= 15 is 0 Å². The third-order valence-electron chi connectivity index (χ3n) is 5.41. The van der Waals surface area contributed by atoms with Crippen LogP contribution in [0.15, 0.2) is 10.4 Å². The molecule has 0 bridgehead atoms. The van der Waals surface area contributed by atoms with Crippen LogP contribution >= 0.6 is 11.3 Å². The molecule has 13 nitrogen and oxygen atoms in total. The number of carboxylic acid groups (broad SMARTS) is 1. The van der Waals surface area contributed by atoms with Gasteiger partial charge in [-0.1, -0.05) is 19.3 Å². The van der Waals surface area contributed by atoms with Crippen molar-refractivity contribution in [2.45, 2.75) is 75.9 Å². The highest BCUT2D eigenvalue weighted by molar-refractivity contribution is 7.13. The van der Waals surface area contributed by atoms with Crippen molar-refractivity contribution >= 4 is 46.1 Å². The van der Waals surface area contributed by atoms with Gasteiger partial charge < -0.3 is 38.3 Å². The number of carbonyl (C=O) groups excluding carboxylic acids is 3. The average Bonchev–Trinajstić information content (AvgIpc) is 3.22. The molecule has 14 heteroatoms. The van der Waals surface area contributed by atoms with Gasteiger partial charge in [0.25, 0.3) is 0 Å². The highest BCUT2D eigenvalue weighted by Crippen LogP contribution is 2.18. The Labute approximate surface area is 207 Å². The number of carbonyl (C=O) groups is 4. The number of carboxylic acids is 1. The number of hydrogen-bond acceptors (Lipinski definition) is 8. The summed E-state index contributed by atoms with van der Waals surface area (Å²) in [5, 5.41) is 19.0. The summed E-state index contributed by atoms with van der Waals surface area (Å²) < 4.78 is 0. The summed E-state index contributed by atoms with van der Waals surface area (Å²) in [6.07, 6.45) is 5.01. The maximum Gasteiger partial charge on any atom is 0.305 e. The molecule has 1 fully saturated rings. The van der Waals surface area contributed by atoms with Crippen LogP contribution in [0.3, 0.4) is 0 Å². The van der Waals surface area contributed by atoms with E-state index in [0.717, 1.165) is 43.4 Å². The lowest BCUT2D eigenvalue weighted by Crippen LogP contribution is -2.51. The lowest BCUT2D eigenvalue weighted by Gasteiger charge is -2.25. The van der Waals surface area contributed by atoms with Crippen molar-refractivity contribution in [1.29, 1.82) is 0 Å². The fourth-order valence-electron chi connectivity index (χ4n) is 3.64. The number of rotatable bonds is 13. The minimum absolute atomic E-state index is 0.00736. The van der Waals surface area contributed by atoms with Crippen LogP contribution in [-0.4, -0.2) is 64.4 Å². The van der Waals surface area contributed by atoms with Crippen LogP contribution in [0.5, 0.6) is 0 Å². The molecular weight excluding hydrogens is 476 g/mol. The second-order valence-electron chi connectivity index (χ2n) is 8.43. The number of hydrogen-bond donors (Lipinski definition) is 7. The summed E-state index contributed by atoms with van der Waals surface area (Å²) in [6.45, 7) is 0.362. The molecule has 1 aliphatic rings. The molecule has 0 spiro atoms. The van der Waals surface area contributed by atoms with Gasteiger partial charge in [0, 0.05) is 18.0 Å². The maximum absolute atomic E-state index is 12.6. The van der Waals surface area contributed by atoms with E-state index in [0.29, 0.717) is 25.1 Å². The first-order valence-electron chi connectivity index (χ1n) is 11.5. The van der Waals surface area contributed by atoms with Gasteiger partial charge in [-0.05, 0) is 25.7 Å². The van der Waals surface area contributed by atoms with E-state index in [1.807, 2.05) is 0 Å². The van der Waals surface area contributed by atoms with Crippen molar-refractivity contribution in [3.05, 3.63) is 11.1 Å². The number of aliphatic carboxylic acids is 1. The zero-order valence-corrected chi connectivity index (χ0v) is 20.3. The predicted molar refractivity (Wildman–Crippen MR) is 132 cm³/mol. The molecule has 1 aromatic heterocycles. The fourth-order valence-corrected chi connectivity index (χ4v) is 4.35. The highest BCUT2D eigenvalue weighted by Gasteiger charge is 2.26. The van der Waals surface area contributed by atoms with Crippen molar-refractivity contribution in [2.24, 2.45) is 22.2 Å². The van der Waals surface area contributed by atoms with Crippen LogP contribution in [0.25, 0.3) is 0 Å². The van der Waals surface area contributed by atoms with Crippen LogP contribution in [0.1, 0.15) is 57.1 Å². The van der Waals surface area contributed by atoms with Gasteiger partial charge in [-0.3, -0.25) is 24.2 Å². The van der Waals surface area contributed by atoms with Gasteiger partial charge in [0.1, 0.15) is 6.04 Å². The highest BCUT2D eigenvalue weighted by atomic mass is 32.1. The topological polar surface area (TPSA) is 228 Å². The van der Waals surface area contributed by atoms with Crippen LogP contribution in [0, 0.1) is 0 Å². The van der Waals surface area contributed by atoms with E-state index in [1.165, 1.54) is 0 Å². The largest absolute Gasteiger partial charge is 0.481 e. The molecule has 1 heterocycles. The predicted octanol–water partition coefficient (Wildman–Crippen LogP) is -0.587. The van der Waals surface area contributed by atoms with Gasteiger partial charge in [-0.15, -0.1) is 11.3 Å². The first-order valence-corrected chi connectivity index (χ1v) is 12.4. The molecule has 0 unspecified atom stereocenters. The van der Waals surface area contributed by atoms with Crippen molar-refractivity contribution in [1.82, 2.24) is 15.6 Å². The standard InChI is InChI=1S/C21H34N8O5S/c22-14(7-4-8-25-20(23)24)18(33)29-21-27-13(11-35-21)9-16(30)28-15(10-17(31)32)19(34)26-12-5-2-1-3-6-12/h11-12,14-15H,1-10,22H2,(H,26,34)(H,28,30)(H,31,32)(H4,23,24,25)(H,27,29,33)/t14-,15-/m0/s1. The summed E-state index contributed by atoms with van der Waals surface area (Å²) >= 11 is 1.12. The quantitative estimate of drug-likeness (QED) is 0.102. The molecule has 0 saturated heterocycles. The zero-order valence-electron chi connectivity index (χ0n) is 19.5. The van der Waals surface area contributed by atoms with Crippen LogP contribution in [-0.2, 0) is 25.6 Å². The van der Waals surface area contributed by atoms with E-state index in [4.69, 9.17) is 22.3 Å². The zero-order chi connectivity index (χ0) is 25.8. The Morgan fingerprint density at radius 3 is 2.54 bits per heavy atom. The molecule has 0 aliphatic heterocycles. The number of guanidine groups is 1. The van der Waals surface area contributed by atoms with Crippen molar-refractivity contribution in [3.8, 4) is 0 Å². The van der Waals surface area contributed by atoms with Gasteiger partial charge in [0.2, 0.25) is 17.7 Å². The van der Waals surface area contributed by atoms with Crippen molar-refractivity contribution in [2.75, 3.05) is 11.9 Å². The van der Waals surface area contributed by atoms with E-state index in [1.54, 1.807) is 5.38 Å². The number of aromatic nitrogens is 1. The first-order chi connectivity index (χ1) is 16.6. The molecule has 2 atom stereocenters. The molecular formula is C21H34N8O5S. The SMILES string of the molecule is NC(N)=NCCC[C@H](N)C(=O)Nc1nc(CC(=O)N[C@@H](CC(=O)O)C(=O)NC2CCCCC2)cs1. The second-order valence-corrected chi connectivity index (χ2v) is 9.28. The Morgan fingerprint density at radius 1 is 1.17 bits per heavy atom. The lowest BCUT2D eigenvalue weighted by atomic mass is 9.95. The molecule has 0 radical (unpaired) electrons. The normalized spacial score (nSPS) is 15.5. The number of aliphatic imine (C=N–C) groups is 1. The van der Waals surface area contributed by atoms with E-state index in [9.17, 15) is 19.2 Å². The Kier molecular flexibility index (Phi) is 11.4. The van der Waals surface area contributed by atoms with Gasteiger partial charge >= 0.3 is 5.97 Å².